The third-order valence-corrected chi connectivity index (χ3v) is 5.12. The summed E-state index contributed by atoms with van der Waals surface area (Å²) < 4.78 is 0. The zero-order valence-corrected chi connectivity index (χ0v) is 12.7. The molecular weight excluding hydrogens is 234 g/mol. The van der Waals surface area contributed by atoms with Crippen molar-refractivity contribution >= 4 is 0 Å². The minimum absolute atomic E-state index is 0.0148. The second-order valence-electron chi connectivity index (χ2n) is 7.05. The highest BCUT2D eigenvalue weighted by Gasteiger charge is 2.50. The van der Waals surface area contributed by atoms with Gasteiger partial charge in [0.2, 0.25) is 0 Å². The SMILES string of the molecule is Cc1ccc(CC2(CN)CCC(C)(C)C2O)cc1C. The Hall–Kier alpha value is -0.860. The van der Waals surface area contributed by atoms with Crippen molar-refractivity contribution in [2.45, 2.75) is 53.1 Å². The van der Waals surface area contributed by atoms with Gasteiger partial charge in [0.25, 0.3) is 0 Å². The number of hydrogen-bond acceptors (Lipinski definition) is 2. The molecule has 1 aliphatic rings. The molecule has 2 nitrogen and oxygen atoms in total. The number of hydrogen-bond donors (Lipinski definition) is 2. The zero-order valence-electron chi connectivity index (χ0n) is 12.7. The van der Waals surface area contributed by atoms with Crippen LogP contribution in [0.25, 0.3) is 0 Å². The molecule has 19 heavy (non-hydrogen) atoms. The first-order chi connectivity index (χ1) is 8.81. The zero-order chi connectivity index (χ0) is 14.3. The Bertz CT molecular complexity index is 466. The van der Waals surface area contributed by atoms with Gasteiger partial charge in [-0.15, -0.1) is 0 Å². The molecule has 0 spiro atoms. The van der Waals surface area contributed by atoms with Crippen LogP contribution in [-0.4, -0.2) is 17.8 Å². The van der Waals surface area contributed by atoms with Crippen LogP contribution in [0.2, 0.25) is 0 Å². The summed E-state index contributed by atoms with van der Waals surface area (Å²) in [5.74, 6) is 0. The maximum absolute atomic E-state index is 10.7. The lowest BCUT2D eigenvalue weighted by Crippen LogP contribution is -2.44. The molecule has 0 heterocycles. The van der Waals surface area contributed by atoms with Gasteiger partial charge in [0.1, 0.15) is 0 Å². The first kappa shape index (κ1) is 14.5. The summed E-state index contributed by atoms with van der Waals surface area (Å²) in [6.07, 6.45) is 2.64. The quantitative estimate of drug-likeness (QED) is 0.878. The third-order valence-electron chi connectivity index (χ3n) is 5.12. The fourth-order valence-corrected chi connectivity index (χ4v) is 3.46. The molecule has 1 aromatic carbocycles. The van der Waals surface area contributed by atoms with Gasteiger partial charge in [-0.2, -0.15) is 0 Å². The molecule has 1 saturated carbocycles. The van der Waals surface area contributed by atoms with E-state index in [9.17, 15) is 5.11 Å². The van der Waals surface area contributed by atoms with E-state index < -0.39 is 0 Å². The van der Waals surface area contributed by atoms with E-state index in [1.807, 2.05) is 0 Å². The lowest BCUT2D eigenvalue weighted by Gasteiger charge is -2.36. The Morgan fingerprint density at radius 1 is 1.21 bits per heavy atom. The molecule has 1 fully saturated rings. The van der Waals surface area contributed by atoms with Crippen molar-refractivity contribution in [3.8, 4) is 0 Å². The van der Waals surface area contributed by atoms with Gasteiger partial charge in [-0.05, 0) is 55.2 Å². The Kier molecular flexibility index (Phi) is 3.76. The number of nitrogens with two attached hydrogens (primary N) is 1. The molecule has 2 unspecified atom stereocenters. The molecule has 1 aromatic rings. The van der Waals surface area contributed by atoms with Gasteiger partial charge in [-0.1, -0.05) is 32.0 Å². The molecule has 0 amide bonds. The van der Waals surface area contributed by atoms with Crippen LogP contribution < -0.4 is 5.73 Å². The summed E-state index contributed by atoms with van der Waals surface area (Å²) in [7, 11) is 0. The first-order valence-corrected chi connectivity index (χ1v) is 7.25. The molecule has 0 bridgehead atoms. The van der Waals surface area contributed by atoms with Crippen LogP contribution in [-0.2, 0) is 6.42 Å². The van der Waals surface area contributed by atoms with Crippen molar-refractivity contribution in [2.24, 2.45) is 16.6 Å². The van der Waals surface area contributed by atoms with E-state index in [4.69, 9.17) is 5.73 Å². The monoisotopic (exact) mass is 261 g/mol. The van der Waals surface area contributed by atoms with E-state index in [-0.39, 0.29) is 16.9 Å². The van der Waals surface area contributed by atoms with Crippen molar-refractivity contribution < 1.29 is 5.11 Å². The molecule has 106 valence electrons. The minimum Gasteiger partial charge on any atom is -0.392 e. The molecule has 0 aromatic heterocycles. The normalized spacial score (nSPS) is 29.7. The van der Waals surface area contributed by atoms with Crippen LogP contribution in [0, 0.1) is 24.7 Å². The van der Waals surface area contributed by atoms with Gasteiger partial charge in [0.05, 0.1) is 6.10 Å². The lowest BCUT2D eigenvalue weighted by atomic mass is 9.74. The average Bonchev–Trinajstić information content (AvgIpc) is 2.59. The van der Waals surface area contributed by atoms with Crippen LogP contribution in [0.1, 0.15) is 43.4 Å². The van der Waals surface area contributed by atoms with E-state index in [0.717, 1.165) is 19.3 Å². The minimum atomic E-state index is -0.313. The number of rotatable bonds is 3. The van der Waals surface area contributed by atoms with E-state index in [1.165, 1.54) is 16.7 Å². The average molecular weight is 261 g/mol. The van der Waals surface area contributed by atoms with Crippen molar-refractivity contribution in [3.63, 3.8) is 0 Å². The summed E-state index contributed by atoms with van der Waals surface area (Å²) in [5, 5.41) is 10.7. The molecule has 2 heteroatoms. The van der Waals surface area contributed by atoms with E-state index >= 15 is 0 Å². The number of aliphatic hydroxyl groups excluding tert-OH is 1. The van der Waals surface area contributed by atoms with Crippen LogP contribution in [0.3, 0.4) is 0 Å². The third kappa shape index (κ3) is 2.56. The molecule has 3 N–H and O–H groups in total. The molecule has 2 rings (SSSR count). The van der Waals surface area contributed by atoms with Crippen molar-refractivity contribution in [3.05, 3.63) is 34.9 Å². The van der Waals surface area contributed by atoms with Gasteiger partial charge in [-0.25, -0.2) is 0 Å². The highest BCUT2D eigenvalue weighted by atomic mass is 16.3. The largest absolute Gasteiger partial charge is 0.392 e. The lowest BCUT2D eigenvalue weighted by molar-refractivity contribution is -0.00464. The van der Waals surface area contributed by atoms with Gasteiger partial charge in [0.15, 0.2) is 0 Å². The summed E-state index contributed by atoms with van der Waals surface area (Å²) in [6, 6.07) is 6.59. The number of aliphatic hydroxyl groups is 1. The number of benzene rings is 1. The fourth-order valence-electron chi connectivity index (χ4n) is 3.46. The van der Waals surface area contributed by atoms with Gasteiger partial charge in [0, 0.05) is 12.0 Å². The topological polar surface area (TPSA) is 46.2 Å². The Labute approximate surface area is 117 Å². The second kappa shape index (κ2) is 4.92. The summed E-state index contributed by atoms with van der Waals surface area (Å²) >= 11 is 0. The van der Waals surface area contributed by atoms with Gasteiger partial charge < -0.3 is 10.8 Å². The van der Waals surface area contributed by atoms with Crippen LogP contribution >= 0.6 is 0 Å². The molecule has 0 aliphatic heterocycles. The Morgan fingerprint density at radius 2 is 1.89 bits per heavy atom. The van der Waals surface area contributed by atoms with Gasteiger partial charge >= 0.3 is 0 Å². The van der Waals surface area contributed by atoms with E-state index in [1.54, 1.807) is 0 Å². The van der Waals surface area contributed by atoms with E-state index in [2.05, 4.69) is 45.9 Å². The van der Waals surface area contributed by atoms with Crippen molar-refractivity contribution in [2.75, 3.05) is 6.54 Å². The summed E-state index contributed by atoms with van der Waals surface area (Å²) in [6.45, 7) is 9.13. The van der Waals surface area contributed by atoms with Crippen molar-refractivity contribution in [1.29, 1.82) is 0 Å². The van der Waals surface area contributed by atoms with Crippen LogP contribution in [0.5, 0.6) is 0 Å². The standard InChI is InChI=1S/C17H27NO/c1-12-5-6-14(9-13(12)2)10-17(11-18)8-7-16(3,4)15(17)19/h5-6,9,15,19H,7-8,10-11,18H2,1-4H3. The van der Waals surface area contributed by atoms with Crippen molar-refractivity contribution in [1.82, 2.24) is 0 Å². The summed E-state index contributed by atoms with van der Waals surface area (Å²) in [4.78, 5) is 0. The van der Waals surface area contributed by atoms with Crippen LogP contribution in [0.15, 0.2) is 18.2 Å². The predicted octanol–water partition coefficient (Wildman–Crippen LogP) is 2.97. The molecule has 0 saturated heterocycles. The molecular formula is C17H27NO. The highest BCUT2D eigenvalue weighted by molar-refractivity contribution is 5.31. The fraction of sp³-hybridized carbons (Fsp3) is 0.647. The Morgan fingerprint density at radius 3 is 2.37 bits per heavy atom. The molecule has 2 atom stereocenters. The van der Waals surface area contributed by atoms with Gasteiger partial charge in [-0.3, -0.25) is 0 Å². The Balaban J connectivity index is 2.27. The maximum Gasteiger partial charge on any atom is 0.0662 e. The molecule has 0 radical (unpaired) electrons. The highest BCUT2D eigenvalue weighted by Crippen LogP contribution is 2.50. The summed E-state index contributed by atoms with van der Waals surface area (Å²) in [5.41, 5.74) is 9.80. The predicted molar refractivity (Wildman–Crippen MR) is 80.1 cm³/mol. The molecule has 1 aliphatic carbocycles. The van der Waals surface area contributed by atoms with E-state index in [0.29, 0.717) is 6.54 Å². The van der Waals surface area contributed by atoms with Crippen LogP contribution in [0.4, 0.5) is 0 Å². The number of aryl methyl sites for hydroxylation is 2. The first-order valence-electron chi connectivity index (χ1n) is 7.25. The smallest absolute Gasteiger partial charge is 0.0662 e. The maximum atomic E-state index is 10.7. The second-order valence-corrected chi connectivity index (χ2v) is 7.05.